The lowest BCUT2D eigenvalue weighted by molar-refractivity contribution is 0.357. The summed E-state index contributed by atoms with van der Waals surface area (Å²) in [6.45, 7) is 21.0. The Morgan fingerprint density at radius 3 is 1.61 bits per heavy atom. The molecule has 1 aliphatic heterocycles. The van der Waals surface area contributed by atoms with E-state index in [2.05, 4.69) is 85.0 Å². The van der Waals surface area contributed by atoms with Crippen LogP contribution in [0, 0.1) is 35.5 Å². The van der Waals surface area contributed by atoms with Gasteiger partial charge in [-0.3, -0.25) is 0 Å². The Balaban J connectivity index is 1.88. The van der Waals surface area contributed by atoms with Crippen molar-refractivity contribution in [1.29, 1.82) is 0 Å². The third-order valence-electron chi connectivity index (χ3n) is 9.24. The van der Waals surface area contributed by atoms with Crippen molar-refractivity contribution in [2.45, 2.75) is 89.9 Å². The second kappa shape index (κ2) is 7.53. The molecule has 9 atom stereocenters. The highest BCUT2D eigenvalue weighted by molar-refractivity contribution is 7.67. The van der Waals surface area contributed by atoms with Crippen molar-refractivity contribution in [2.24, 2.45) is 35.5 Å². The van der Waals surface area contributed by atoms with Gasteiger partial charge < -0.3 is 0 Å². The van der Waals surface area contributed by atoms with Crippen LogP contribution < -0.4 is 5.30 Å². The lowest BCUT2D eigenvalue weighted by Gasteiger charge is -2.57. The van der Waals surface area contributed by atoms with E-state index < -0.39 is 8.07 Å². The van der Waals surface area contributed by atoms with Gasteiger partial charge in [-0.2, -0.15) is 0 Å². The Morgan fingerprint density at radius 2 is 1.21 bits per heavy atom. The average molecular weight is 415 g/mol. The molecule has 3 aliphatic rings. The fourth-order valence-corrected chi connectivity index (χ4v) is 21.7. The maximum Gasteiger partial charge on any atom is 0.0554 e. The van der Waals surface area contributed by atoms with E-state index in [1.807, 2.05) is 0 Å². The van der Waals surface area contributed by atoms with Crippen LogP contribution in [0.3, 0.4) is 0 Å². The van der Waals surface area contributed by atoms with Gasteiger partial charge in [0.25, 0.3) is 0 Å². The predicted octanol–water partition coefficient (Wildman–Crippen LogP) is 7.62. The fraction of sp³-hybridized carbons (Fsp3) is 0.769. The highest BCUT2D eigenvalue weighted by Gasteiger charge is 2.66. The molecule has 28 heavy (non-hydrogen) atoms. The topological polar surface area (TPSA) is 0 Å². The highest BCUT2D eigenvalue weighted by atomic mass is 31.1. The van der Waals surface area contributed by atoms with Gasteiger partial charge in [0.15, 0.2) is 0 Å². The highest BCUT2D eigenvalue weighted by Crippen LogP contribution is 2.76. The first kappa shape index (κ1) is 21.1. The Morgan fingerprint density at radius 1 is 0.786 bits per heavy atom. The van der Waals surface area contributed by atoms with E-state index in [1.165, 1.54) is 12.8 Å². The second-order valence-electron chi connectivity index (χ2n) is 11.8. The molecule has 1 aromatic carbocycles. The van der Waals surface area contributed by atoms with Crippen LogP contribution in [0.15, 0.2) is 30.3 Å². The molecule has 0 nitrogen and oxygen atoms in total. The third kappa shape index (κ3) is 3.10. The van der Waals surface area contributed by atoms with Crippen molar-refractivity contribution in [3.8, 4) is 0 Å². The summed E-state index contributed by atoms with van der Waals surface area (Å²) in [5.74, 6) is 5.48. The summed E-state index contributed by atoms with van der Waals surface area (Å²) in [4.78, 5) is 0. The molecule has 0 aromatic heterocycles. The molecule has 1 heterocycles. The maximum atomic E-state index is 2.83. The van der Waals surface area contributed by atoms with Gasteiger partial charge in [0.1, 0.15) is 0 Å². The van der Waals surface area contributed by atoms with Crippen molar-refractivity contribution in [1.82, 2.24) is 0 Å². The third-order valence-corrected chi connectivity index (χ3v) is 18.7. The molecule has 5 unspecified atom stereocenters. The molecule has 2 heteroatoms. The quantitative estimate of drug-likeness (QED) is 0.352. The van der Waals surface area contributed by atoms with Crippen LogP contribution in [0.5, 0.6) is 0 Å². The Hall–Kier alpha value is -0.133. The second-order valence-corrected chi connectivity index (χ2v) is 19.3. The molecule has 0 bridgehead atoms. The minimum Gasteiger partial charge on any atom is -0.0689 e. The summed E-state index contributed by atoms with van der Waals surface area (Å²) in [6.07, 6.45) is 2.99. The van der Waals surface area contributed by atoms with E-state index in [4.69, 9.17) is 0 Å². The molecule has 0 spiro atoms. The van der Waals surface area contributed by atoms with Crippen LogP contribution in [0.2, 0.25) is 24.2 Å². The van der Waals surface area contributed by atoms with Gasteiger partial charge in [-0.25, -0.2) is 0 Å². The van der Waals surface area contributed by atoms with E-state index in [0.29, 0.717) is 0 Å². The van der Waals surface area contributed by atoms with Crippen molar-refractivity contribution in [3.63, 3.8) is 0 Å². The molecule has 3 fully saturated rings. The van der Waals surface area contributed by atoms with Gasteiger partial charge >= 0.3 is 0 Å². The van der Waals surface area contributed by atoms with Gasteiger partial charge in [-0.15, -0.1) is 0 Å². The van der Waals surface area contributed by atoms with Gasteiger partial charge in [0.2, 0.25) is 0 Å². The zero-order valence-corrected chi connectivity index (χ0v) is 21.4. The summed E-state index contributed by atoms with van der Waals surface area (Å²) in [5.41, 5.74) is 4.06. The molecule has 2 aliphatic carbocycles. The smallest absolute Gasteiger partial charge is 0.0554 e. The molecular weight excluding hydrogens is 371 g/mol. The summed E-state index contributed by atoms with van der Waals surface area (Å²) < 4.78 is 0. The van der Waals surface area contributed by atoms with Gasteiger partial charge in [0, 0.05) is 0 Å². The first-order valence-corrected chi connectivity index (χ1v) is 16.6. The number of benzene rings is 1. The average Bonchev–Trinajstić information content (AvgIpc) is 3.16. The summed E-state index contributed by atoms with van der Waals surface area (Å²) in [7, 11) is -1.40. The number of rotatable bonds is 3. The number of hydrogen-bond acceptors (Lipinski definition) is 0. The maximum absolute atomic E-state index is 2.83. The van der Waals surface area contributed by atoms with Crippen molar-refractivity contribution in [2.75, 3.05) is 0 Å². The first-order chi connectivity index (χ1) is 13.2. The standard InChI is InChI=1S/C26H43PSi/c1-16(2)21-14-18(5)23-25(21)28(7,8)26-22(17(3)4)15-19(6)24(26)27(23)20-12-10-9-11-13-20/h9-13,16-19,21-26H,14-15H2,1-8H3/t18?,19?,21-,22?,23-,24-,25?,26+,27?/m0/s1. The van der Waals surface area contributed by atoms with Crippen LogP contribution in [0.1, 0.15) is 54.4 Å². The zero-order valence-electron chi connectivity index (χ0n) is 19.5. The van der Waals surface area contributed by atoms with Crippen molar-refractivity contribution < 1.29 is 0 Å². The predicted molar refractivity (Wildman–Crippen MR) is 130 cm³/mol. The fourth-order valence-electron chi connectivity index (χ4n) is 8.26. The lowest BCUT2D eigenvalue weighted by atomic mass is 9.92. The molecule has 0 N–H and O–H groups in total. The Kier molecular flexibility index (Phi) is 5.68. The van der Waals surface area contributed by atoms with Gasteiger partial charge in [0.05, 0.1) is 8.07 Å². The molecule has 4 rings (SSSR count). The molecule has 0 radical (unpaired) electrons. The minimum atomic E-state index is -1.34. The zero-order chi connectivity index (χ0) is 20.4. The van der Waals surface area contributed by atoms with E-state index >= 15 is 0 Å². The van der Waals surface area contributed by atoms with Crippen molar-refractivity contribution in [3.05, 3.63) is 30.3 Å². The number of hydrogen-bond donors (Lipinski definition) is 0. The number of fused-ring (bicyclic) bond motifs is 2. The van der Waals surface area contributed by atoms with Gasteiger partial charge in [-0.05, 0) is 76.1 Å². The van der Waals surface area contributed by atoms with E-state index in [1.54, 1.807) is 5.30 Å². The summed E-state index contributed by atoms with van der Waals surface area (Å²) in [5, 5.41) is 1.74. The summed E-state index contributed by atoms with van der Waals surface area (Å²) >= 11 is 0. The lowest BCUT2D eigenvalue weighted by Crippen LogP contribution is -2.55. The molecule has 1 aromatic rings. The largest absolute Gasteiger partial charge is 0.0689 e. The SMILES string of the molecule is CC(C)C1CC(C)[C@H]2[C@@H]1[Si](C)(C)C1[C@H](C(C)C)CC(C)[C@@H]1P2c1ccccc1. The van der Waals surface area contributed by atoms with Crippen LogP contribution in [0.25, 0.3) is 0 Å². The molecule has 156 valence electrons. The van der Waals surface area contributed by atoms with E-state index in [-0.39, 0.29) is 7.92 Å². The first-order valence-electron chi connectivity index (χ1n) is 12.0. The normalized spacial score (nSPS) is 44.7. The molecule has 2 saturated carbocycles. The Labute approximate surface area is 177 Å². The Bertz CT molecular complexity index is 643. The van der Waals surface area contributed by atoms with Crippen LogP contribution in [0.4, 0.5) is 0 Å². The van der Waals surface area contributed by atoms with Crippen LogP contribution in [-0.2, 0) is 0 Å². The van der Waals surface area contributed by atoms with E-state index in [9.17, 15) is 0 Å². The molecule has 1 saturated heterocycles. The van der Waals surface area contributed by atoms with E-state index in [0.717, 1.165) is 57.9 Å². The molecular formula is C26H43PSi. The van der Waals surface area contributed by atoms with Gasteiger partial charge in [-0.1, -0.05) is 92.9 Å². The molecule has 0 amide bonds. The van der Waals surface area contributed by atoms with Crippen LogP contribution in [-0.4, -0.2) is 19.4 Å². The minimum absolute atomic E-state index is 0.0528. The van der Waals surface area contributed by atoms with Crippen molar-refractivity contribution >= 4 is 21.3 Å². The monoisotopic (exact) mass is 414 g/mol. The van der Waals surface area contributed by atoms with Crippen LogP contribution >= 0.6 is 7.92 Å². The summed E-state index contributed by atoms with van der Waals surface area (Å²) in [6, 6.07) is 11.9.